The van der Waals surface area contributed by atoms with E-state index in [1.165, 1.54) is 11.3 Å². The lowest BCUT2D eigenvalue weighted by Gasteiger charge is -2.02. The molecule has 0 aliphatic rings. The summed E-state index contributed by atoms with van der Waals surface area (Å²) in [6.07, 6.45) is 0. The Hall–Kier alpha value is -1.62. The number of carboxylic acids is 1. The number of nitrogen functional groups attached to an aromatic ring is 1. The number of hydrogen-bond acceptors (Lipinski definition) is 3. The van der Waals surface area contributed by atoms with E-state index < -0.39 is 11.8 Å². The maximum absolute atomic E-state index is 13.3. The van der Waals surface area contributed by atoms with E-state index in [9.17, 15) is 9.18 Å². The third-order valence-electron chi connectivity index (χ3n) is 1.94. The molecular weight excluding hydrogens is 205 g/mol. The minimum Gasteiger partial charge on any atom is -0.478 e. The Labute approximate surface area is 82.6 Å². The second kappa shape index (κ2) is 2.95. The SMILES string of the molecule is Nc1cc(F)c(C(=O)O)c2sccc12. The number of rotatable bonds is 1. The highest BCUT2D eigenvalue weighted by atomic mass is 32.1. The molecule has 3 nitrogen and oxygen atoms in total. The Balaban J connectivity index is 2.93. The van der Waals surface area contributed by atoms with Gasteiger partial charge in [-0.3, -0.25) is 0 Å². The molecule has 0 fully saturated rings. The first-order chi connectivity index (χ1) is 6.61. The van der Waals surface area contributed by atoms with Gasteiger partial charge < -0.3 is 10.8 Å². The van der Waals surface area contributed by atoms with Crippen LogP contribution in [0.25, 0.3) is 10.1 Å². The van der Waals surface area contributed by atoms with Gasteiger partial charge in [0.1, 0.15) is 11.4 Å². The van der Waals surface area contributed by atoms with Crippen molar-refractivity contribution in [2.75, 3.05) is 5.73 Å². The molecule has 0 saturated heterocycles. The zero-order valence-corrected chi connectivity index (χ0v) is 7.77. The van der Waals surface area contributed by atoms with Gasteiger partial charge in [0, 0.05) is 11.1 Å². The fourth-order valence-corrected chi connectivity index (χ4v) is 2.28. The fourth-order valence-electron chi connectivity index (χ4n) is 1.32. The maximum atomic E-state index is 13.3. The van der Waals surface area contributed by atoms with Gasteiger partial charge in [-0.05, 0) is 17.5 Å². The molecule has 0 unspecified atom stereocenters. The fraction of sp³-hybridized carbons (Fsp3) is 0. The van der Waals surface area contributed by atoms with E-state index in [1.807, 2.05) is 0 Å². The van der Waals surface area contributed by atoms with Crippen LogP contribution in [0.15, 0.2) is 17.5 Å². The zero-order chi connectivity index (χ0) is 10.3. The van der Waals surface area contributed by atoms with E-state index in [0.717, 1.165) is 6.07 Å². The van der Waals surface area contributed by atoms with E-state index >= 15 is 0 Å². The van der Waals surface area contributed by atoms with Gasteiger partial charge in [0.25, 0.3) is 0 Å². The highest BCUT2D eigenvalue weighted by molar-refractivity contribution is 7.17. The summed E-state index contributed by atoms with van der Waals surface area (Å²) in [5.74, 6) is -2.06. The topological polar surface area (TPSA) is 63.3 Å². The quantitative estimate of drug-likeness (QED) is 0.711. The summed E-state index contributed by atoms with van der Waals surface area (Å²) in [5.41, 5.74) is 5.51. The smallest absolute Gasteiger partial charge is 0.340 e. The van der Waals surface area contributed by atoms with Crippen molar-refractivity contribution in [1.29, 1.82) is 0 Å². The van der Waals surface area contributed by atoms with Crippen LogP contribution in [0.5, 0.6) is 0 Å². The molecule has 3 N–H and O–H groups in total. The molecule has 1 aromatic carbocycles. The molecule has 0 aliphatic carbocycles. The van der Waals surface area contributed by atoms with Crippen molar-refractivity contribution in [2.24, 2.45) is 0 Å². The van der Waals surface area contributed by atoms with Gasteiger partial charge in [-0.15, -0.1) is 11.3 Å². The van der Waals surface area contributed by atoms with Gasteiger partial charge in [-0.2, -0.15) is 0 Å². The second-order valence-corrected chi connectivity index (χ2v) is 3.71. The molecule has 5 heteroatoms. The molecule has 14 heavy (non-hydrogen) atoms. The summed E-state index contributed by atoms with van der Waals surface area (Å²) in [6, 6.07) is 2.72. The molecule has 0 saturated carbocycles. The summed E-state index contributed by atoms with van der Waals surface area (Å²) >= 11 is 1.17. The molecule has 0 radical (unpaired) electrons. The molecule has 72 valence electrons. The average molecular weight is 211 g/mol. The Morgan fingerprint density at radius 3 is 2.93 bits per heavy atom. The van der Waals surface area contributed by atoms with Crippen molar-refractivity contribution in [1.82, 2.24) is 0 Å². The normalized spacial score (nSPS) is 10.6. The average Bonchev–Trinajstić information content (AvgIpc) is 2.51. The third kappa shape index (κ3) is 1.13. The molecule has 0 amide bonds. The van der Waals surface area contributed by atoms with E-state index in [4.69, 9.17) is 10.8 Å². The number of anilines is 1. The van der Waals surface area contributed by atoms with Crippen LogP contribution in [0.3, 0.4) is 0 Å². The predicted octanol–water partition coefficient (Wildman–Crippen LogP) is 2.32. The number of carboxylic acid groups (broad SMARTS) is 1. The minimum atomic E-state index is -1.27. The molecule has 1 aromatic heterocycles. The monoisotopic (exact) mass is 211 g/mol. The highest BCUT2D eigenvalue weighted by Crippen LogP contribution is 2.31. The van der Waals surface area contributed by atoms with E-state index in [1.54, 1.807) is 11.4 Å². The number of aromatic carboxylic acids is 1. The first-order valence-electron chi connectivity index (χ1n) is 3.79. The van der Waals surface area contributed by atoms with Crippen LogP contribution in [0.4, 0.5) is 10.1 Å². The van der Waals surface area contributed by atoms with Crippen molar-refractivity contribution in [3.05, 3.63) is 28.9 Å². The van der Waals surface area contributed by atoms with Gasteiger partial charge >= 0.3 is 5.97 Å². The molecule has 2 aromatic rings. The molecule has 2 rings (SSSR count). The van der Waals surface area contributed by atoms with Crippen LogP contribution in [0, 0.1) is 5.82 Å². The van der Waals surface area contributed by atoms with Gasteiger partial charge in [0.15, 0.2) is 0 Å². The summed E-state index contributed by atoms with van der Waals surface area (Å²) in [7, 11) is 0. The van der Waals surface area contributed by atoms with Crippen LogP contribution in [-0.4, -0.2) is 11.1 Å². The lowest BCUT2D eigenvalue weighted by atomic mass is 10.1. The standard InChI is InChI=1S/C9H6FNO2S/c10-5-3-6(11)4-1-2-14-8(4)7(5)9(12)13/h1-3H,11H2,(H,12,13). The number of benzene rings is 1. The number of thiophene rings is 1. The number of hydrogen-bond donors (Lipinski definition) is 2. The molecule has 0 aliphatic heterocycles. The summed E-state index contributed by atoms with van der Waals surface area (Å²) < 4.78 is 13.6. The van der Waals surface area contributed by atoms with Crippen molar-refractivity contribution in [3.63, 3.8) is 0 Å². The number of carbonyl (C=O) groups is 1. The van der Waals surface area contributed by atoms with Crippen molar-refractivity contribution in [2.45, 2.75) is 0 Å². The van der Waals surface area contributed by atoms with Crippen molar-refractivity contribution in [3.8, 4) is 0 Å². The van der Waals surface area contributed by atoms with Crippen LogP contribution >= 0.6 is 11.3 Å². The Morgan fingerprint density at radius 1 is 1.57 bits per heavy atom. The van der Waals surface area contributed by atoms with Crippen LogP contribution < -0.4 is 5.73 Å². The number of nitrogens with two attached hydrogens (primary N) is 1. The van der Waals surface area contributed by atoms with E-state index in [-0.39, 0.29) is 11.3 Å². The van der Waals surface area contributed by atoms with Crippen molar-refractivity contribution < 1.29 is 14.3 Å². The lowest BCUT2D eigenvalue weighted by molar-refractivity contribution is 0.0694. The summed E-state index contributed by atoms with van der Waals surface area (Å²) in [4.78, 5) is 10.8. The minimum absolute atomic E-state index is 0.267. The predicted molar refractivity (Wildman–Crippen MR) is 53.2 cm³/mol. The van der Waals surface area contributed by atoms with E-state index in [0.29, 0.717) is 10.1 Å². The number of halogens is 1. The van der Waals surface area contributed by atoms with Crippen LogP contribution in [0.1, 0.15) is 10.4 Å². The molecule has 1 heterocycles. The lowest BCUT2D eigenvalue weighted by Crippen LogP contribution is -2.02. The Bertz CT molecular complexity index is 521. The second-order valence-electron chi connectivity index (χ2n) is 2.79. The van der Waals surface area contributed by atoms with Gasteiger partial charge in [-0.25, -0.2) is 9.18 Å². The molecule has 0 bridgehead atoms. The Morgan fingerprint density at radius 2 is 2.29 bits per heavy atom. The zero-order valence-electron chi connectivity index (χ0n) is 6.95. The molecule has 0 atom stereocenters. The summed E-state index contributed by atoms with van der Waals surface area (Å²) in [6.45, 7) is 0. The highest BCUT2D eigenvalue weighted by Gasteiger charge is 2.17. The van der Waals surface area contributed by atoms with Gasteiger partial charge in [0.2, 0.25) is 0 Å². The van der Waals surface area contributed by atoms with E-state index in [2.05, 4.69) is 0 Å². The van der Waals surface area contributed by atoms with Gasteiger partial charge in [0.05, 0.1) is 4.70 Å². The third-order valence-corrected chi connectivity index (χ3v) is 2.87. The number of fused-ring (bicyclic) bond motifs is 1. The Kier molecular flexibility index (Phi) is 1.89. The first kappa shape index (κ1) is 8.96. The van der Waals surface area contributed by atoms with Crippen LogP contribution in [-0.2, 0) is 0 Å². The van der Waals surface area contributed by atoms with Crippen LogP contribution in [0.2, 0.25) is 0 Å². The molecule has 0 spiro atoms. The molecular formula is C9H6FNO2S. The largest absolute Gasteiger partial charge is 0.478 e. The summed E-state index contributed by atoms with van der Waals surface area (Å²) in [5, 5.41) is 11.1. The maximum Gasteiger partial charge on any atom is 0.340 e. The van der Waals surface area contributed by atoms with Crippen molar-refractivity contribution >= 4 is 33.1 Å². The van der Waals surface area contributed by atoms with Gasteiger partial charge in [-0.1, -0.05) is 0 Å². The first-order valence-corrected chi connectivity index (χ1v) is 4.67.